The summed E-state index contributed by atoms with van der Waals surface area (Å²) in [7, 11) is 1.79. The van der Waals surface area contributed by atoms with E-state index in [2.05, 4.69) is 9.97 Å². The molecular formula is C18H16Cl2N4O3. The predicted octanol–water partition coefficient (Wildman–Crippen LogP) is 3.57. The molecule has 3 aromatic rings. The maximum atomic E-state index is 13.0. The van der Waals surface area contributed by atoms with Gasteiger partial charge in [0, 0.05) is 25.4 Å². The topological polar surface area (TPSA) is 88.3 Å². The van der Waals surface area contributed by atoms with Crippen LogP contribution in [0.2, 0.25) is 0 Å². The number of hydrogen-bond acceptors (Lipinski definition) is 4. The molecule has 0 atom stereocenters. The van der Waals surface area contributed by atoms with E-state index in [4.69, 9.17) is 28.3 Å². The molecule has 0 spiro atoms. The minimum atomic E-state index is -0.996. The number of pyridine rings is 1. The first-order chi connectivity index (χ1) is 12.9. The van der Waals surface area contributed by atoms with E-state index < -0.39 is 10.8 Å². The number of amides is 1. The second kappa shape index (κ2) is 7.94. The summed E-state index contributed by atoms with van der Waals surface area (Å²) in [5, 5.41) is 8.99. The van der Waals surface area contributed by atoms with Crippen molar-refractivity contribution in [3.63, 3.8) is 0 Å². The molecule has 3 rings (SSSR count). The molecule has 0 radical (unpaired) electrons. The number of carboxylic acid groups (broad SMARTS) is 1. The summed E-state index contributed by atoms with van der Waals surface area (Å²) < 4.78 is 1.76. The van der Waals surface area contributed by atoms with Crippen molar-refractivity contribution < 1.29 is 14.7 Å². The molecule has 27 heavy (non-hydrogen) atoms. The van der Waals surface area contributed by atoms with Gasteiger partial charge in [0.05, 0.1) is 17.5 Å². The minimum Gasteiger partial charge on any atom is -0.481 e. The zero-order valence-corrected chi connectivity index (χ0v) is 15.9. The van der Waals surface area contributed by atoms with Gasteiger partial charge in [-0.05, 0) is 30.3 Å². The summed E-state index contributed by atoms with van der Waals surface area (Å²) in [6.07, 6.45) is 1.35. The lowest BCUT2D eigenvalue weighted by Crippen LogP contribution is -2.33. The molecule has 0 saturated heterocycles. The van der Waals surface area contributed by atoms with Gasteiger partial charge in [-0.15, -0.1) is 0 Å². The minimum absolute atomic E-state index is 0.00210. The first-order valence-electron chi connectivity index (χ1n) is 8.07. The van der Waals surface area contributed by atoms with Gasteiger partial charge in [0.25, 0.3) is 5.91 Å². The molecule has 140 valence electrons. The Hall–Kier alpha value is -2.64. The maximum absolute atomic E-state index is 13.0. The number of carboxylic acids is 1. The average Bonchev–Trinajstić information content (AvgIpc) is 2.99. The number of aliphatic carboxylic acids is 1. The quantitative estimate of drug-likeness (QED) is 0.632. The van der Waals surface area contributed by atoms with E-state index in [0.29, 0.717) is 22.7 Å². The zero-order chi connectivity index (χ0) is 19.6. The molecule has 2 aromatic heterocycles. The lowest BCUT2D eigenvalue weighted by Gasteiger charge is -2.21. The smallest absolute Gasteiger partial charge is 0.305 e. The van der Waals surface area contributed by atoms with Crippen LogP contribution in [-0.2, 0) is 11.8 Å². The summed E-state index contributed by atoms with van der Waals surface area (Å²) in [6.45, 7) is 0.00210. The van der Waals surface area contributed by atoms with E-state index in [1.807, 2.05) is 0 Å². The third-order valence-electron chi connectivity index (χ3n) is 4.08. The second-order valence-corrected chi connectivity index (χ2v) is 6.92. The number of benzene rings is 1. The van der Waals surface area contributed by atoms with Gasteiger partial charge >= 0.3 is 5.97 Å². The maximum Gasteiger partial charge on any atom is 0.305 e. The zero-order valence-electron chi connectivity index (χ0n) is 14.3. The molecule has 0 unspecified atom stereocenters. The number of alkyl halides is 2. The average molecular weight is 407 g/mol. The van der Waals surface area contributed by atoms with Crippen LogP contribution in [0.25, 0.3) is 11.0 Å². The molecule has 0 aliphatic heterocycles. The molecule has 0 saturated carbocycles. The predicted molar refractivity (Wildman–Crippen MR) is 103 cm³/mol. The van der Waals surface area contributed by atoms with Crippen molar-refractivity contribution in [3.05, 3.63) is 54.0 Å². The van der Waals surface area contributed by atoms with E-state index in [0.717, 1.165) is 5.52 Å². The van der Waals surface area contributed by atoms with Crippen molar-refractivity contribution in [1.82, 2.24) is 14.5 Å². The molecule has 9 heteroatoms. The second-order valence-electron chi connectivity index (χ2n) is 5.82. The monoisotopic (exact) mass is 406 g/mol. The number of carbonyl (C=O) groups is 2. The van der Waals surface area contributed by atoms with Crippen LogP contribution >= 0.6 is 23.2 Å². The third kappa shape index (κ3) is 4.04. The Balaban J connectivity index is 1.99. The number of rotatable bonds is 6. The van der Waals surface area contributed by atoms with Crippen molar-refractivity contribution in [3.8, 4) is 0 Å². The van der Waals surface area contributed by atoms with Gasteiger partial charge in [-0.1, -0.05) is 29.3 Å². The summed E-state index contributed by atoms with van der Waals surface area (Å²) in [4.78, 5) is 33.1. The highest BCUT2D eigenvalue weighted by Crippen LogP contribution is 2.27. The molecule has 0 bridgehead atoms. The van der Waals surface area contributed by atoms with Crippen molar-refractivity contribution in [2.24, 2.45) is 7.05 Å². The van der Waals surface area contributed by atoms with Gasteiger partial charge in [0.1, 0.15) is 11.6 Å². The van der Waals surface area contributed by atoms with Crippen LogP contribution in [-0.4, -0.2) is 38.1 Å². The van der Waals surface area contributed by atoms with Crippen LogP contribution in [0.1, 0.15) is 27.4 Å². The fourth-order valence-electron chi connectivity index (χ4n) is 2.74. The molecule has 7 nitrogen and oxygen atoms in total. The summed E-state index contributed by atoms with van der Waals surface area (Å²) in [6, 6.07) is 10.2. The molecule has 1 N–H and O–H groups in total. The number of aromatic nitrogens is 3. The van der Waals surface area contributed by atoms with Crippen LogP contribution < -0.4 is 4.90 Å². The number of halogens is 2. The van der Waals surface area contributed by atoms with Gasteiger partial charge in [0.15, 0.2) is 4.84 Å². The van der Waals surface area contributed by atoms with Crippen LogP contribution in [0, 0.1) is 0 Å². The first-order valence-corrected chi connectivity index (χ1v) is 8.95. The Bertz CT molecular complexity index is 989. The summed E-state index contributed by atoms with van der Waals surface area (Å²) >= 11 is 11.9. The van der Waals surface area contributed by atoms with E-state index in [1.54, 1.807) is 54.2 Å². The number of nitrogens with zero attached hydrogens (tertiary/aromatic N) is 4. The fourth-order valence-corrected chi connectivity index (χ4v) is 3.13. The first kappa shape index (κ1) is 19.1. The van der Waals surface area contributed by atoms with Gasteiger partial charge in [-0.2, -0.15) is 0 Å². The van der Waals surface area contributed by atoms with Crippen LogP contribution in [0.4, 0.5) is 5.82 Å². The number of hydrogen-bond donors (Lipinski definition) is 1. The molecule has 1 aromatic carbocycles. The number of carbonyl (C=O) groups excluding carboxylic acids is 1. The molecular weight excluding hydrogens is 391 g/mol. The van der Waals surface area contributed by atoms with Crippen molar-refractivity contribution >= 4 is 51.9 Å². The van der Waals surface area contributed by atoms with Gasteiger partial charge in [0.2, 0.25) is 0 Å². The van der Waals surface area contributed by atoms with E-state index in [1.165, 1.54) is 4.90 Å². The lowest BCUT2D eigenvalue weighted by atomic mass is 10.1. The normalized spacial score (nSPS) is 11.1. The van der Waals surface area contributed by atoms with E-state index in [-0.39, 0.29) is 18.9 Å². The fraction of sp³-hybridized carbons (Fsp3) is 0.222. The molecule has 0 aliphatic rings. The van der Waals surface area contributed by atoms with Crippen LogP contribution in [0.5, 0.6) is 0 Å². The lowest BCUT2D eigenvalue weighted by molar-refractivity contribution is -0.136. The van der Waals surface area contributed by atoms with Crippen molar-refractivity contribution in [2.75, 3.05) is 11.4 Å². The molecule has 0 aliphatic carbocycles. The number of anilines is 1. The Morgan fingerprint density at radius 2 is 2.04 bits per heavy atom. The van der Waals surface area contributed by atoms with Gasteiger partial charge < -0.3 is 9.67 Å². The van der Waals surface area contributed by atoms with Gasteiger partial charge in [-0.3, -0.25) is 14.5 Å². The standard InChI is InChI=1S/C18H16Cl2N4O3/c1-23-13-6-5-11(10-12(13)22-17(23)16(19)20)18(27)24(9-7-15(25)26)14-4-2-3-8-21-14/h2-6,8,10,16H,7,9H2,1H3,(H,25,26). The Labute approximate surface area is 165 Å². The number of imidazole rings is 1. The third-order valence-corrected chi connectivity index (χ3v) is 4.47. The largest absolute Gasteiger partial charge is 0.481 e. The Morgan fingerprint density at radius 3 is 2.67 bits per heavy atom. The highest BCUT2D eigenvalue weighted by atomic mass is 35.5. The number of fused-ring (bicyclic) bond motifs is 1. The SMILES string of the molecule is Cn1c(C(Cl)Cl)nc2cc(C(=O)N(CCC(=O)O)c3ccccn3)ccc21. The van der Waals surface area contributed by atoms with Gasteiger partial charge in [-0.25, -0.2) is 9.97 Å². The van der Waals surface area contributed by atoms with Crippen molar-refractivity contribution in [2.45, 2.75) is 11.3 Å². The summed E-state index contributed by atoms with van der Waals surface area (Å²) in [5.74, 6) is -0.501. The molecule has 2 heterocycles. The molecule has 1 amide bonds. The highest BCUT2D eigenvalue weighted by Gasteiger charge is 2.21. The van der Waals surface area contributed by atoms with Crippen molar-refractivity contribution in [1.29, 1.82) is 0 Å². The van der Waals surface area contributed by atoms with E-state index >= 15 is 0 Å². The highest BCUT2D eigenvalue weighted by molar-refractivity contribution is 6.43. The Kier molecular flexibility index (Phi) is 5.62. The Morgan fingerprint density at radius 1 is 1.26 bits per heavy atom. The molecule has 0 fully saturated rings. The van der Waals surface area contributed by atoms with Crippen LogP contribution in [0.15, 0.2) is 42.6 Å². The summed E-state index contributed by atoms with van der Waals surface area (Å²) in [5.41, 5.74) is 1.72. The van der Waals surface area contributed by atoms with Crippen LogP contribution in [0.3, 0.4) is 0 Å². The van der Waals surface area contributed by atoms with E-state index in [9.17, 15) is 9.59 Å². The number of aryl methyl sites for hydroxylation is 1.